The lowest BCUT2D eigenvalue weighted by molar-refractivity contribution is -0.218. The largest absolute Gasteiger partial charge is 0.398 e. The second-order valence-corrected chi connectivity index (χ2v) is 1.98. The van der Waals surface area contributed by atoms with Crippen molar-refractivity contribution in [1.82, 2.24) is 0 Å². The van der Waals surface area contributed by atoms with Crippen LogP contribution >= 0.6 is 0 Å². The van der Waals surface area contributed by atoms with Crippen LogP contribution in [0.3, 0.4) is 0 Å². The number of hydrogen-bond acceptors (Lipinski definition) is 2. The molecule has 0 spiro atoms. The van der Waals surface area contributed by atoms with Crippen LogP contribution in [-0.4, -0.2) is 12.1 Å². The zero-order chi connectivity index (χ0) is 8.36. The summed E-state index contributed by atoms with van der Waals surface area (Å²) in [5.41, 5.74) is -0.0403. The molecule has 0 atom stereocenters. The maximum atomic E-state index is 11.8. The summed E-state index contributed by atoms with van der Waals surface area (Å²) >= 11 is 0. The first kappa shape index (κ1) is 9.07. The molecule has 2 nitrogen and oxygen atoms in total. The molecule has 0 aliphatic rings. The molecule has 0 fully saturated rings. The summed E-state index contributed by atoms with van der Waals surface area (Å²) in [6.07, 6.45) is -3.41. The van der Waals surface area contributed by atoms with Crippen LogP contribution < -0.4 is 0 Å². The van der Waals surface area contributed by atoms with Crippen molar-refractivity contribution in [1.29, 1.82) is 0 Å². The van der Waals surface area contributed by atoms with Crippen molar-refractivity contribution in [2.45, 2.75) is 20.0 Å². The number of ether oxygens (including phenoxy) is 1. The van der Waals surface area contributed by atoms with Gasteiger partial charge in [-0.3, -0.25) is 0 Å². The molecule has 0 saturated heterocycles. The summed E-state index contributed by atoms with van der Waals surface area (Å²) in [6, 6.07) is 0. The molecular formula is C6H8F2O2. The Kier molecular flexibility index (Phi) is 2.51. The van der Waals surface area contributed by atoms with Crippen molar-refractivity contribution < 1.29 is 18.3 Å². The Labute approximate surface area is 57.5 Å². The Balaban J connectivity index is 3.93. The Morgan fingerprint density at radius 1 is 1.60 bits per heavy atom. The molecule has 0 bridgehead atoms. The number of esters is 1. The lowest BCUT2D eigenvalue weighted by atomic mass is 10.4. The number of alkyl halides is 2. The molecule has 10 heavy (non-hydrogen) atoms. The van der Waals surface area contributed by atoms with Crippen LogP contribution in [-0.2, 0) is 9.53 Å². The Bertz CT molecular complexity index is 158. The van der Waals surface area contributed by atoms with Crippen molar-refractivity contribution in [3.8, 4) is 0 Å². The fraction of sp³-hybridized carbons (Fsp3) is 0.500. The highest BCUT2D eigenvalue weighted by Gasteiger charge is 2.26. The van der Waals surface area contributed by atoms with E-state index in [4.69, 9.17) is 0 Å². The SMILES string of the molecule is C=C(C)C(=O)OC(C)(F)F. The van der Waals surface area contributed by atoms with Crippen LogP contribution in [0, 0.1) is 0 Å². The number of halogens is 2. The Hall–Kier alpha value is -0.930. The quantitative estimate of drug-likeness (QED) is 0.442. The van der Waals surface area contributed by atoms with Gasteiger partial charge in [0.2, 0.25) is 0 Å². The van der Waals surface area contributed by atoms with E-state index in [1.807, 2.05) is 0 Å². The van der Waals surface area contributed by atoms with Gasteiger partial charge in [0.25, 0.3) is 0 Å². The van der Waals surface area contributed by atoms with E-state index in [9.17, 15) is 13.6 Å². The van der Waals surface area contributed by atoms with Gasteiger partial charge in [0.1, 0.15) is 0 Å². The molecule has 0 radical (unpaired) electrons. The average Bonchev–Trinajstić information content (AvgIpc) is 1.60. The topological polar surface area (TPSA) is 26.3 Å². The highest BCUT2D eigenvalue weighted by atomic mass is 19.3. The summed E-state index contributed by atoms with van der Waals surface area (Å²) in [7, 11) is 0. The molecule has 0 aromatic heterocycles. The Morgan fingerprint density at radius 3 is 2.10 bits per heavy atom. The van der Waals surface area contributed by atoms with Gasteiger partial charge in [0, 0.05) is 12.5 Å². The zero-order valence-electron chi connectivity index (χ0n) is 5.78. The lowest BCUT2D eigenvalue weighted by Gasteiger charge is -2.10. The first-order valence-electron chi connectivity index (χ1n) is 2.59. The molecule has 0 unspecified atom stereocenters. The van der Waals surface area contributed by atoms with E-state index >= 15 is 0 Å². The van der Waals surface area contributed by atoms with Gasteiger partial charge < -0.3 is 4.74 Å². The summed E-state index contributed by atoms with van der Waals surface area (Å²) in [4.78, 5) is 10.4. The number of carbonyl (C=O) groups is 1. The summed E-state index contributed by atoms with van der Waals surface area (Å²) in [5, 5.41) is 0. The van der Waals surface area contributed by atoms with E-state index in [0.717, 1.165) is 0 Å². The van der Waals surface area contributed by atoms with Gasteiger partial charge >= 0.3 is 12.1 Å². The van der Waals surface area contributed by atoms with Crippen molar-refractivity contribution in [2.75, 3.05) is 0 Å². The molecule has 58 valence electrons. The molecule has 0 heterocycles. The second-order valence-electron chi connectivity index (χ2n) is 1.98. The van der Waals surface area contributed by atoms with Crippen LogP contribution in [0.1, 0.15) is 13.8 Å². The molecule has 0 rings (SSSR count). The predicted octanol–water partition coefficient (Wildman–Crippen LogP) is 1.72. The van der Waals surface area contributed by atoms with E-state index < -0.39 is 12.1 Å². The van der Waals surface area contributed by atoms with Crippen molar-refractivity contribution in [3.05, 3.63) is 12.2 Å². The molecule has 4 heteroatoms. The summed E-state index contributed by atoms with van der Waals surface area (Å²) in [6.45, 7) is 4.92. The lowest BCUT2D eigenvalue weighted by Crippen LogP contribution is -2.20. The fourth-order valence-electron chi connectivity index (χ4n) is 0.250. The normalized spacial score (nSPS) is 10.8. The number of carbonyl (C=O) groups excluding carboxylic acids is 1. The third-order valence-electron chi connectivity index (χ3n) is 0.620. The molecular weight excluding hydrogens is 142 g/mol. The minimum Gasteiger partial charge on any atom is -0.398 e. The third kappa shape index (κ3) is 4.00. The van der Waals surface area contributed by atoms with Crippen LogP contribution in [0.15, 0.2) is 12.2 Å². The van der Waals surface area contributed by atoms with Crippen LogP contribution in [0.4, 0.5) is 8.78 Å². The standard InChI is InChI=1S/C6H8F2O2/c1-4(2)5(9)10-6(3,7)8/h1H2,2-3H3. The molecule has 0 N–H and O–H groups in total. The van der Waals surface area contributed by atoms with Gasteiger partial charge in [-0.1, -0.05) is 6.58 Å². The molecule has 0 amide bonds. The van der Waals surface area contributed by atoms with Crippen LogP contribution in [0.25, 0.3) is 0 Å². The number of hydrogen-bond donors (Lipinski definition) is 0. The van der Waals surface area contributed by atoms with Crippen molar-refractivity contribution in [3.63, 3.8) is 0 Å². The van der Waals surface area contributed by atoms with Gasteiger partial charge in [-0.2, -0.15) is 8.78 Å². The van der Waals surface area contributed by atoms with E-state index in [2.05, 4.69) is 11.3 Å². The molecule has 0 aromatic carbocycles. The first-order chi connectivity index (χ1) is 4.33. The highest BCUT2D eigenvalue weighted by molar-refractivity contribution is 5.87. The molecule has 0 aliphatic carbocycles. The van der Waals surface area contributed by atoms with Crippen LogP contribution in [0.2, 0.25) is 0 Å². The van der Waals surface area contributed by atoms with Crippen molar-refractivity contribution >= 4 is 5.97 Å². The van der Waals surface area contributed by atoms with Crippen LogP contribution in [0.5, 0.6) is 0 Å². The summed E-state index contributed by atoms with van der Waals surface area (Å²) < 4.78 is 27.3. The van der Waals surface area contributed by atoms with E-state index in [0.29, 0.717) is 6.92 Å². The maximum absolute atomic E-state index is 11.8. The molecule has 0 aliphatic heterocycles. The third-order valence-corrected chi connectivity index (χ3v) is 0.620. The predicted molar refractivity (Wildman–Crippen MR) is 31.5 cm³/mol. The average molecular weight is 150 g/mol. The molecule has 0 aromatic rings. The second kappa shape index (κ2) is 2.77. The Morgan fingerprint density at radius 2 is 2.00 bits per heavy atom. The maximum Gasteiger partial charge on any atom is 0.397 e. The first-order valence-corrected chi connectivity index (χ1v) is 2.59. The van der Waals surface area contributed by atoms with E-state index in [1.165, 1.54) is 6.92 Å². The number of rotatable bonds is 2. The highest BCUT2D eigenvalue weighted by Crippen LogP contribution is 2.14. The van der Waals surface area contributed by atoms with Gasteiger partial charge in [0.05, 0.1) is 0 Å². The van der Waals surface area contributed by atoms with Gasteiger partial charge in [-0.15, -0.1) is 0 Å². The smallest absolute Gasteiger partial charge is 0.397 e. The van der Waals surface area contributed by atoms with E-state index in [1.54, 1.807) is 0 Å². The minimum atomic E-state index is -3.41. The monoisotopic (exact) mass is 150 g/mol. The fourth-order valence-corrected chi connectivity index (χ4v) is 0.250. The summed E-state index contributed by atoms with van der Waals surface area (Å²) in [5.74, 6) is -1.08. The van der Waals surface area contributed by atoms with Gasteiger partial charge in [-0.05, 0) is 6.92 Å². The molecule has 0 saturated carbocycles. The van der Waals surface area contributed by atoms with Gasteiger partial charge in [-0.25, -0.2) is 4.79 Å². The minimum absolute atomic E-state index is 0.0403. The van der Waals surface area contributed by atoms with E-state index in [-0.39, 0.29) is 5.57 Å². The zero-order valence-corrected chi connectivity index (χ0v) is 5.78. The van der Waals surface area contributed by atoms with Gasteiger partial charge in [0.15, 0.2) is 0 Å². The van der Waals surface area contributed by atoms with Crippen molar-refractivity contribution in [2.24, 2.45) is 0 Å².